The van der Waals surface area contributed by atoms with Crippen molar-refractivity contribution in [2.24, 2.45) is 0 Å². The van der Waals surface area contributed by atoms with Crippen LogP contribution in [0.3, 0.4) is 0 Å². The van der Waals surface area contributed by atoms with Crippen LogP contribution in [0.1, 0.15) is 27.8 Å². The number of benzene rings is 1. The Balaban J connectivity index is 2.42. The van der Waals surface area contributed by atoms with Crippen molar-refractivity contribution in [1.29, 1.82) is 0 Å². The maximum Gasteiger partial charge on any atom is 0.338 e. The predicted molar refractivity (Wildman–Crippen MR) is 59.6 cm³/mol. The van der Waals surface area contributed by atoms with Gasteiger partial charge in [0.05, 0.1) is 17.9 Å². The second kappa shape index (κ2) is 4.18. The Morgan fingerprint density at radius 3 is 2.94 bits per heavy atom. The second-order valence-corrected chi connectivity index (χ2v) is 3.37. The van der Waals surface area contributed by atoms with Crippen LogP contribution >= 0.6 is 0 Å². The molecule has 0 aliphatic heterocycles. The number of esters is 1. The van der Waals surface area contributed by atoms with Gasteiger partial charge in [0.25, 0.3) is 0 Å². The van der Waals surface area contributed by atoms with Crippen molar-refractivity contribution >= 4 is 23.2 Å². The van der Waals surface area contributed by atoms with E-state index >= 15 is 0 Å². The summed E-state index contributed by atoms with van der Waals surface area (Å²) in [5.41, 5.74) is 1.82. The molecule has 1 aromatic carbocycles. The molecule has 82 valence electrons. The van der Waals surface area contributed by atoms with E-state index in [4.69, 9.17) is 4.74 Å². The van der Waals surface area contributed by atoms with Gasteiger partial charge in [0.2, 0.25) is 0 Å². The lowest BCUT2D eigenvalue weighted by Gasteiger charge is -2.00. The monoisotopic (exact) mass is 217 g/mol. The first-order valence-electron chi connectivity index (χ1n) is 4.99. The molecule has 4 heteroatoms. The van der Waals surface area contributed by atoms with Gasteiger partial charge in [-0.3, -0.25) is 4.79 Å². The van der Waals surface area contributed by atoms with Crippen LogP contribution in [0.2, 0.25) is 0 Å². The molecule has 0 spiro atoms. The van der Waals surface area contributed by atoms with Crippen molar-refractivity contribution in [3.63, 3.8) is 0 Å². The van der Waals surface area contributed by atoms with Crippen LogP contribution in [0.5, 0.6) is 0 Å². The van der Waals surface area contributed by atoms with E-state index in [1.165, 1.54) is 0 Å². The van der Waals surface area contributed by atoms with Crippen molar-refractivity contribution in [2.45, 2.75) is 6.92 Å². The van der Waals surface area contributed by atoms with E-state index in [9.17, 15) is 9.59 Å². The van der Waals surface area contributed by atoms with Crippen molar-refractivity contribution in [3.05, 3.63) is 35.5 Å². The number of aldehydes is 1. The Morgan fingerprint density at radius 1 is 1.44 bits per heavy atom. The normalized spacial score (nSPS) is 10.3. The summed E-state index contributed by atoms with van der Waals surface area (Å²) in [5.74, 6) is -0.349. The van der Waals surface area contributed by atoms with Crippen LogP contribution in [-0.2, 0) is 4.74 Å². The van der Waals surface area contributed by atoms with Crippen molar-refractivity contribution in [2.75, 3.05) is 6.61 Å². The molecule has 0 amide bonds. The molecule has 0 aliphatic carbocycles. The summed E-state index contributed by atoms with van der Waals surface area (Å²) in [7, 11) is 0. The average Bonchev–Trinajstić information content (AvgIpc) is 2.70. The van der Waals surface area contributed by atoms with E-state index in [0.29, 0.717) is 17.9 Å². The highest BCUT2D eigenvalue weighted by Gasteiger charge is 2.08. The average molecular weight is 217 g/mol. The lowest BCUT2D eigenvalue weighted by atomic mass is 10.1. The summed E-state index contributed by atoms with van der Waals surface area (Å²) in [5, 5.41) is 0.827. The van der Waals surface area contributed by atoms with Crippen molar-refractivity contribution in [3.8, 4) is 0 Å². The lowest BCUT2D eigenvalue weighted by molar-refractivity contribution is 0.0526. The fraction of sp³-hybridized carbons (Fsp3) is 0.167. The zero-order chi connectivity index (χ0) is 11.5. The maximum absolute atomic E-state index is 11.5. The molecule has 0 unspecified atom stereocenters. The first kappa shape index (κ1) is 10.4. The fourth-order valence-electron chi connectivity index (χ4n) is 1.56. The molecular formula is C12H11NO3. The smallest absolute Gasteiger partial charge is 0.338 e. The number of aromatic nitrogens is 1. The van der Waals surface area contributed by atoms with Crippen LogP contribution < -0.4 is 0 Å². The molecular weight excluding hydrogens is 206 g/mol. The minimum Gasteiger partial charge on any atom is -0.462 e. The third-order valence-electron chi connectivity index (χ3n) is 2.28. The Bertz CT molecular complexity index is 542. The van der Waals surface area contributed by atoms with Gasteiger partial charge in [0.1, 0.15) is 0 Å². The summed E-state index contributed by atoms with van der Waals surface area (Å²) in [6.07, 6.45) is 0.740. The molecule has 0 saturated carbocycles. The highest BCUT2D eigenvalue weighted by atomic mass is 16.5. The summed E-state index contributed by atoms with van der Waals surface area (Å²) < 4.78 is 4.89. The summed E-state index contributed by atoms with van der Waals surface area (Å²) >= 11 is 0. The molecule has 0 aliphatic rings. The Hall–Kier alpha value is -2.10. The molecule has 1 aromatic heterocycles. The van der Waals surface area contributed by atoms with Gasteiger partial charge in [0, 0.05) is 10.9 Å². The first-order valence-corrected chi connectivity index (χ1v) is 4.99. The van der Waals surface area contributed by atoms with Crippen LogP contribution in [0.4, 0.5) is 0 Å². The van der Waals surface area contributed by atoms with Gasteiger partial charge in [-0.25, -0.2) is 4.79 Å². The fourth-order valence-corrected chi connectivity index (χ4v) is 1.56. The number of carbonyl (C=O) groups excluding carboxylic acids is 2. The molecule has 2 aromatic rings. The number of carbonyl (C=O) groups is 2. The quantitative estimate of drug-likeness (QED) is 0.633. The third-order valence-corrected chi connectivity index (χ3v) is 2.28. The van der Waals surface area contributed by atoms with Crippen LogP contribution in [-0.4, -0.2) is 23.8 Å². The minimum absolute atomic E-state index is 0.349. The number of nitrogens with one attached hydrogen (secondary N) is 1. The Morgan fingerprint density at radius 2 is 2.25 bits per heavy atom. The third kappa shape index (κ3) is 1.82. The van der Waals surface area contributed by atoms with E-state index in [0.717, 1.165) is 17.2 Å². The molecule has 0 saturated heterocycles. The van der Waals surface area contributed by atoms with Crippen LogP contribution in [0.25, 0.3) is 10.9 Å². The Labute approximate surface area is 92.2 Å². The maximum atomic E-state index is 11.5. The molecule has 2 rings (SSSR count). The van der Waals surface area contributed by atoms with E-state index in [2.05, 4.69) is 4.98 Å². The van der Waals surface area contributed by atoms with E-state index < -0.39 is 0 Å². The number of rotatable bonds is 3. The largest absolute Gasteiger partial charge is 0.462 e. The van der Waals surface area contributed by atoms with Crippen molar-refractivity contribution in [1.82, 2.24) is 4.98 Å². The van der Waals surface area contributed by atoms with Crippen LogP contribution in [0.15, 0.2) is 24.3 Å². The van der Waals surface area contributed by atoms with Crippen molar-refractivity contribution < 1.29 is 14.3 Å². The van der Waals surface area contributed by atoms with Gasteiger partial charge in [-0.1, -0.05) is 0 Å². The summed E-state index contributed by atoms with van der Waals surface area (Å²) in [6, 6.07) is 6.84. The van der Waals surface area contributed by atoms with Gasteiger partial charge in [-0.15, -0.1) is 0 Å². The summed E-state index contributed by atoms with van der Waals surface area (Å²) in [4.78, 5) is 25.0. The van der Waals surface area contributed by atoms with Gasteiger partial charge < -0.3 is 9.72 Å². The van der Waals surface area contributed by atoms with Gasteiger partial charge in [-0.2, -0.15) is 0 Å². The first-order chi connectivity index (χ1) is 7.74. The second-order valence-electron chi connectivity index (χ2n) is 3.37. The number of fused-ring (bicyclic) bond motifs is 1. The zero-order valence-corrected chi connectivity index (χ0v) is 8.82. The molecule has 0 atom stereocenters. The van der Waals surface area contributed by atoms with Gasteiger partial charge >= 0.3 is 5.97 Å². The molecule has 0 fully saturated rings. The number of H-pyrrole nitrogens is 1. The Kier molecular flexibility index (Phi) is 2.72. The standard InChI is InChI=1S/C12H11NO3/c1-2-16-12(15)8-3-4-11-9(5-8)6-10(7-14)13-11/h3-7,13H,2H2,1H3. The highest BCUT2D eigenvalue weighted by Crippen LogP contribution is 2.17. The predicted octanol–water partition coefficient (Wildman–Crippen LogP) is 2.16. The molecule has 1 heterocycles. The molecule has 0 bridgehead atoms. The number of hydrogen-bond donors (Lipinski definition) is 1. The molecule has 4 nitrogen and oxygen atoms in total. The number of ether oxygens (including phenoxy) is 1. The van der Waals surface area contributed by atoms with Gasteiger partial charge in [0.15, 0.2) is 6.29 Å². The minimum atomic E-state index is -0.349. The lowest BCUT2D eigenvalue weighted by Crippen LogP contribution is -2.03. The zero-order valence-electron chi connectivity index (χ0n) is 8.82. The van der Waals surface area contributed by atoms with E-state index in [-0.39, 0.29) is 5.97 Å². The SMILES string of the molecule is CCOC(=O)c1ccc2[nH]c(C=O)cc2c1. The summed E-state index contributed by atoms with van der Waals surface area (Å²) in [6.45, 7) is 2.11. The highest BCUT2D eigenvalue weighted by molar-refractivity contribution is 5.96. The van der Waals surface area contributed by atoms with E-state index in [1.54, 1.807) is 31.2 Å². The molecule has 16 heavy (non-hydrogen) atoms. The molecule has 0 radical (unpaired) electrons. The number of aromatic amines is 1. The van der Waals surface area contributed by atoms with Gasteiger partial charge in [-0.05, 0) is 31.2 Å². The van der Waals surface area contributed by atoms with Crippen LogP contribution in [0, 0.1) is 0 Å². The van der Waals surface area contributed by atoms with E-state index in [1.807, 2.05) is 0 Å². The topological polar surface area (TPSA) is 59.2 Å². The molecule has 1 N–H and O–H groups in total. The number of hydrogen-bond acceptors (Lipinski definition) is 3.